The molecule has 0 aliphatic heterocycles. The summed E-state index contributed by atoms with van der Waals surface area (Å²) in [6, 6.07) is 4.88. The Morgan fingerprint density at radius 3 is 2.83 bits per heavy atom. The van der Waals surface area contributed by atoms with Crippen LogP contribution in [0.25, 0.3) is 11.4 Å². The van der Waals surface area contributed by atoms with Crippen LogP contribution in [0.5, 0.6) is 0 Å². The Kier molecular flexibility index (Phi) is 3.92. The number of aryl methyl sites for hydroxylation is 2. The molecule has 0 bridgehead atoms. The summed E-state index contributed by atoms with van der Waals surface area (Å²) in [6.45, 7) is 5.40. The third kappa shape index (κ3) is 3.13. The van der Waals surface area contributed by atoms with Crippen molar-refractivity contribution >= 4 is 5.91 Å². The van der Waals surface area contributed by atoms with Crippen molar-refractivity contribution in [2.45, 2.75) is 26.8 Å². The number of nitrogens with one attached hydrogen (secondary N) is 1. The van der Waals surface area contributed by atoms with Crippen LogP contribution in [-0.4, -0.2) is 21.0 Å². The van der Waals surface area contributed by atoms with Crippen molar-refractivity contribution in [1.82, 2.24) is 20.4 Å². The van der Waals surface area contributed by atoms with Crippen LogP contribution in [0.15, 0.2) is 39.6 Å². The minimum absolute atomic E-state index is 0.247. The monoisotopic (exact) mass is 312 g/mol. The molecule has 0 fully saturated rings. The second kappa shape index (κ2) is 6.04. The van der Waals surface area contributed by atoms with Gasteiger partial charge in [0.25, 0.3) is 5.91 Å². The number of carbonyl (C=O) groups excluding carboxylic acids is 1. The molecule has 3 rings (SSSR count). The summed E-state index contributed by atoms with van der Waals surface area (Å²) in [7, 11) is 0. The summed E-state index contributed by atoms with van der Waals surface area (Å²) < 4.78 is 10.4. The van der Waals surface area contributed by atoms with Crippen LogP contribution < -0.4 is 5.32 Å². The van der Waals surface area contributed by atoms with Crippen molar-refractivity contribution in [2.75, 3.05) is 0 Å². The van der Waals surface area contributed by atoms with Crippen molar-refractivity contribution in [1.29, 1.82) is 0 Å². The van der Waals surface area contributed by atoms with E-state index in [2.05, 4.69) is 20.4 Å². The molecule has 3 aromatic heterocycles. The molecule has 1 amide bonds. The van der Waals surface area contributed by atoms with Gasteiger partial charge in [0.05, 0.1) is 11.8 Å². The fourth-order valence-electron chi connectivity index (χ4n) is 2.17. The number of carbonyl (C=O) groups is 1. The zero-order chi connectivity index (χ0) is 16.4. The fourth-order valence-corrected chi connectivity index (χ4v) is 2.17. The van der Waals surface area contributed by atoms with Crippen LogP contribution in [0.2, 0.25) is 0 Å². The van der Waals surface area contributed by atoms with Gasteiger partial charge in [-0.3, -0.25) is 9.78 Å². The maximum atomic E-state index is 12.2. The Labute approximate surface area is 132 Å². The summed E-state index contributed by atoms with van der Waals surface area (Å²) in [5.41, 5.74) is 2.17. The van der Waals surface area contributed by atoms with E-state index < -0.39 is 6.04 Å². The quantitative estimate of drug-likeness (QED) is 0.796. The molecular formula is C16H16N4O3. The second-order valence-corrected chi connectivity index (χ2v) is 5.23. The Morgan fingerprint density at radius 1 is 1.30 bits per heavy atom. The maximum Gasteiger partial charge on any atom is 0.255 e. The van der Waals surface area contributed by atoms with Gasteiger partial charge in [0.1, 0.15) is 11.8 Å². The topological polar surface area (TPSA) is 94.1 Å². The minimum Gasteiger partial charge on any atom is -0.469 e. The van der Waals surface area contributed by atoms with E-state index in [-0.39, 0.29) is 5.91 Å². The largest absolute Gasteiger partial charge is 0.469 e. The fraction of sp³-hybridized carbons (Fsp3) is 0.250. The first-order valence-corrected chi connectivity index (χ1v) is 7.16. The van der Waals surface area contributed by atoms with Gasteiger partial charge in [-0.05, 0) is 39.0 Å². The molecule has 3 heterocycles. The highest BCUT2D eigenvalue weighted by Crippen LogP contribution is 2.19. The number of aromatic nitrogens is 3. The van der Waals surface area contributed by atoms with Crippen LogP contribution in [0.1, 0.15) is 40.7 Å². The number of pyridine rings is 1. The van der Waals surface area contributed by atoms with E-state index in [0.29, 0.717) is 23.0 Å². The molecule has 7 heteroatoms. The lowest BCUT2D eigenvalue weighted by Crippen LogP contribution is -2.27. The first-order valence-electron chi connectivity index (χ1n) is 7.16. The molecule has 7 nitrogen and oxygen atoms in total. The molecule has 0 aliphatic rings. The Bertz CT molecular complexity index is 837. The number of amides is 1. The lowest BCUT2D eigenvalue weighted by Gasteiger charge is -2.08. The molecular weight excluding hydrogens is 296 g/mol. The molecule has 23 heavy (non-hydrogen) atoms. The highest BCUT2D eigenvalue weighted by Gasteiger charge is 2.20. The molecule has 0 aliphatic carbocycles. The Balaban J connectivity index is 1.75. The van der Waals surface area contributed by atoms with Gasteiger partial charge in [-0.2, -0.15) is 4.98 Å². The van der Waals surface area contributed by atoms with Crippen LogP contribution in [-0.2, 0) is 0 Å². The zero-order valence-corrected chi connectivity index (χ0v) is 13.0. The number of hydrogen-bond acceptors (Lipinski definition) is 6. The van der Waals surface area contributed by atoms with Gasteiger partial charge < -0.3 is 14.3 Å². The van der Waals surface area contributed by atoms with E-state index in [1.807, 2.05) is 13.0 Å². The first kappa shape index (κ1) is 15.0. The van der Waals surface area contributed by atoms with E-state index in [1.54, 1.807) is 32.2 Å². The lowest BCUT2D eigenvalue weighted by molar-refractivity contribution is 0.0931. The molecule has 0 unspecified atom stereocenters. The average Bonchev–Trinajstić information content (AvgIpc) is 3.16. The normalized spacial score (nSPS) is 12.1. The second-order valence-electron chi connectivity index (χ2n) is 5.23. The summed E-state index contributed by atoms with van der Waals surface area (Å²) in [5, 5.41) is 6.76. The van der Waals surface area contributed by atoms with Gasteiger partial charge >= 0.3 is 0 Å². The van der Waals surface area contributed by atoms with Crippen LogP contribution in [0.4, 0.5) is 0 Å². The molecule has 1 atom stereocenters. The van der Waals surface area contributed by atoms with E-state index in [0.717, 1.165) is 11.3 Å². The van der Waals surface area contributed by atoms with Crippen molar-refractivity contribution in [3.8, 4) is 11.4 Å². The molecule has 118 valence electrons. The number of hydrogen-bond donors (Lipinski definition) is 1. The lowest BCUT2D eigenvalue weighted by atomic mass is 10.2. The van der Waals surface area contributed by atoms with Gasteiger partial charge in [-0.15, -0.1) is 0 Å². The minimum atomic E-state index is -0.416. The van der Waals surface area contributed by atoms with Gasteiger partial charge in [0.2, 0.25) is 11.7 Å². The molecule has 0 spiro atoms. The predicted octanol–water partition coefficient (Wildman–Crippen LogP) is 2.83. The summed E-state index contributed by atoms with van der Waals surface area (Å²) in [6.07, 6.45) is 3.17. The predicted molar refractivity (Wildman–Crippen MR) is 81.6 cm³/mol. The first-order chi connectivity index (χ1) is 11.0. The third-order valence-corrected chi connectivity index (χ3v) is 3.42. The highest BCUT2D eigenvalue weighted by atomic mass is 16.5. The molecule has 3 aromatic rings. The third-order valence-electron chi connectivity index (χ3n) is 3.42. The SMILES string of the molecule is Cc1cc(-c2noc([C@H](C)NC(=O)c3ccoc3C)n2)ccn1. The van der Waals surface area contributed by atoms with Gasteiger partial charge in [-0.25, -0.2) is 0 Å². The Morgan fingerprint density at radius 2 is 2.13 bits per heavy atom. The molecule has 1 N–H and O–H groups in total. The summed E-state index contributed by atoms with van der Waals surface area (Å²) in [4.78, 5) is 20.6. The van der Waals surface area contributed by atoms with Crippen LogP contribution in [0, 0.1) is 13.8 Å². The standard InChI is InChI=1S/C16H16N4O3/c1-9-8-12(4-6-17-9)14-19-16(23-20-14)10(2)18-15(21)13-5-7-22-11(13)3/h4-8,10H,1-3H3,(H,18,21)/t10-/m0/s1. The van der Waals surface area contributed by atoms with Gasteiger partial charge in [-0.1, -0.05) is 5.16 Å². The van der Waals surface area contributed by atoms with Crippen molar-refractivity contribution in [2.24, 2.45) is 0 Å². The molecule has 0 radical (unpaired) electrons. The number of furan rings is 1. The Hall–Kier alpha value is -2.96. The summed E-state index contributed by atoms with van der Waals surface area (Å²) in [5.74, 6) is 1.12. The number of nitrogens with zero attached hydrogens (tertiary/aromatic N) is 3. The van der Waals surface area contributed by atoms with Crippen molar-refractivity contribution in [3.63, 3.8) is 0 Å². The van der Waals surface area contributed by atoms with E-state index in [1.165, 1.54) is 6.26 Å². The van der Waals surface area contributed by atoms with E-state index >= 15 is 0 Å². The molecule has 0 saturated carbocycles. The molecule has 0 aromatic carbocycles. The van der Waals surface area contributed by atoms with E-state index in [4.69, 9.17) is 8.94 Å². The van der Waals surface area contributed by atoms with Gasteiger partial charge in [0, 0.05) is 17.5 Å². The number of rotatable bonds is 4. The van der Waals surface area contributed by atoms with E-state index in [9.17, 15) is 4.79 Å². The average molecular weight is 312 g/mol. The summed E-state index contributed by atoms with van der Waals surface area (Å²) >= 11 is 0. The smallest absolute Gasteiger partial charge is 0.255 e. The van der Waals surface area contributed by atoms with Crippen LogP contribution >= 0.6 is 0 Å². The van der Waals surface area contributed by atoms with Gasteiger partial charge in [0.15, 0.2) is 0 Å². The maximum absolute atomic E-state index is 12.2. The highest BCUT2D eigenvalue weighted by molar-refractivity contribution is 5.95. The zero-order valence-electron chi connectivity index (χ0n) is 13.0. The van der Waals surface area contributed by atoms with Crippen LogP contribution in [0.3, 0.4) is 0 Å². The molecule has 0 saturated heterocycles. The van der Waals surface area contributed by atoms with Crippen molar-refractivity contribution in [3.05, 3.63) is 53.6 Å². The van der Waals surface area contributed by atoms with Crippen molar-refractivity contribution < 1.29 is 13.7 Å².